The van der Waals surface area contributed by atoms with E-state index in [-0.39, 0.29) is 6.04 Å². The monoisotopic (exact) mass is 270 g/mol. The van der Waals surface area contributed by atoms with Crippen LogP contribution in [0.2, 0.25) is 0 Å². The Labute approximate surface area is 121 Å². The Bertz CT molecular complexity index is 554. The van der Waals surface area contributed by atoms with Gasteiger partial charge in [0.1, 0.15) is 5.75 Å². The topological polar surface area (TPSA) is 34.1 Å². The molecular weight excluding hydrogens is 248 g/mol. The normalized spacial score (nSPS) is 12.2. The van der Waals surface area contributed by atoms with Gasteiger partial charge in [-0.15, -0.1) is 0 Å². The molecule has 1 N–H and O–H groups in total. The van der Waals surface area contributed by atoms with E-state index in [1.807, 2.05) is 44.4 Å². The third-order valence-electron chi connectivity index (χ3n) is 3.40. The van der Waals surface area contributed by atoms with Gasteiger partial charge in [-0.1, -0.05) is 31.2 Å². The lowest BCUT2D eigenvalue weighted by atomic mass is 9.97. The molecule has 1 atom stereocenters. The summed E-state index contributed by atoms with van der Waals surface area (Å²) in [6.07, 6.45) is 2.82. The Balaban J connectivity index is 2.47. The maximum Gasteiger partial charge on any atom is 0.124 e. The van der Waals surface area contributed by atoms with Crippen LogP contribution in [-0.2, 0) is 6.42 Å². The first-order chi connectivity index (χ1) is 9.81. The average molecular weight is 270 g/mol. The van der Waals surface area contributed by atoms with Crippen LogP contribution in [0, 0.1) is 0 Å². The van der Waals surface area contributed by atoms with Gasteiger partial charge in [0.2, 0.25) is 0 Å². The largest absolute Gasteiger partial charge is 0.494 e. The summed E-state index contributed by atoms with van der Waals surface area (Å²) in [6, 6.07) is 12.3. The number of pyridine rings is 1. The van der Waals surface area contributed by atoms with Crippen LogP contribution in [0.15, 0.2) is 42.6 Å². The molecule has 1 aromatic carbocycles. The molecule has 0 saturated carbocycles. The third-order valence-corrected chi connectivity index (χ3v) is 3.40. The Morgan fingerprint density at radius 2 is 1.95 bits per heavy atom. The highest BCUT2D eigenvalue weighted by molar-refractivity contribution is 5.41. The number of nitrogens with one attached hydrogen (secondary N) is 1. The van der Waals surface area contributed by atoms with Crippen molar-refractivity contribution in [3.8, 4) is 5.75 Å². The highest BCUT2D eigenvalue weighted by atomic mass is 16.5. The SMILES string of the molecule is CCOc1ccccc1C(NC)c1ncccc1CC. The first-order valence-corrected chi connectivity index (χ1v) is 7.14. The number of aromatic nitrogens is 1. The number of hydrogen-bond donors (Lipinski definition) is 1. The van der Waals surface area contributed by atoms with Gasteiger partial charge in [-0.3, -0.25) is 4.98 Å². The fraction of sp³-hybridized carbons (Fsp3) is 0.353. The summed E-state index contributed by atoms with van der Waals surface area (Å²) in [4.78, 5) is 4.58. The maximum absolute atomic E-state index is 5.75. The minimum absolute atomic E-state index is 0.0499. The van der Waals surface area contributed by atoms with Gasteiger partial charge < -0.3 is 10.1 Å². The van der Waals surface area contributed by atoms with Crippen molar-refractivity contribution in [3.05, 3.63) is 59.4 Å². The lowest BCUT2D eigenvalue weighted by Crippen LogP contribution is -2.21. The van der Waals surface area contributed by atoms with E-state index in [0.717, 1.165) is 23.4 Å². The van der Waals surface area contributed by atoms with E-state index in [4.69, 9.17) is 4.74 Å². The molecular formula is C17H22N2O. The Kier molecular flexibility index (Phi) is 5.13. The van der Waals surface area contributed by atoms with E-state index in [9.17, 15) is 0 Å². The summed E-state index contributed by atoms with van der Waals surface area (Å²) in [6.45, 7) is 4.82. The zero-order valence-corrected chi connectivity index (χ0v) is 12.4. The predicted molar refractivity (Wildman–Crippen MR) is 82.1 cm³/mol. The van der Waals surface area contributed by atoms with Crippen molar-refractivity contribution in [2.45, 2.75) is 26.3 Å². The number of hydrogen-bond acceptors (Lipinski definition) is 3. The van der Waals surface area contributed by atoms with Crippen molar-refractivity contribution in [2.24, 2.45) is 0 Å². The number of benzene rings is 1. The Morgan fingerprint density at radius 1 is 1.15 bits per heavy atom. The van der Waals surface area contributed by atoms with E-state index >= 15 is 0 Å². The highest BCUT2D eigenvalue weighted by Crippen LogP contribution is 2.30. The zero-order chi connectivity index (χ0) is 14.4. The second-order valence-electron chi connectivity index (χ2n) is 4.59. The quantitative estimate of drug-likeness (QED) is 0.874. The predicted octanol–water partition coefficient (Wildman–Crippen LogP) is 3.35. The van der Waals surface area contributed by atoms with Gasteiger partial charge in [-0.2, -0.15) is 0 Å². The maximum atomic E-state index is 5.75. The van der Waals surface area contributed by atoms with Crippen LogP contribution < -0.4 is 10.1 Å². The molecule has 0 saturated heterocycles. The summed E-state index contributed by atoms with van der Waals surface area (Å²) in [5, 5.41) is 3.37. The number of ether oxygens (including phenoxy) is 1. The van der Waals surface area contributed by atoms with E-state index in [0.29, 0.717) is 6.61 Å². The molecule has 0 fully saturated rings. The van der Waals surface area contributed by atoms with E-state index in [1.54, 1.807) is 0 Å². The molecule has 106 valence electrons. The molecule has 0 aliphatic rings. The minimum Gasteiger partial charge on any atom is -0.494 e. The standard InChI is InChI=1S/C17H22N2O/c1-4-13-9-8-12-19-16(13)17(18-3)14-10-6-7-11-15(14)20-5-2/h6-12,17-18H,4-5H2,1-3H3. The fourth-order valence-corrected chi connectivity index (χ4v) is 2.46. The van der Waals surface area contributed by atoms with Crippen molar-refractivity contribution >= 4 is 0 Å². The number of nitrogens with zero attached hydrogens (tertiary/aromatic N) is 1. The molecule has 1 aromatic heterocycles. The summed E-state index contributed by atoms with van der Waals surface area (Å²) >= 11 is 0. The van der Waals surface area contributed by atoms with Gasteiger partial charge in [-0.05, 0) is 38.1 Å². The third kappa shape index (κ3) is 2.99. The van der Waals surface area contributed by atoms with Crippen LogP contribution in [0.4, 0.5) is 0 Å². The van der Waals surface area contributed by atoms with Crippen molar-refractivity contribution < 1.29 is 4.74 Å². The first kappa shape index (κ1) is 14.5. The van der Waals surface area contributed by atoms with Gasteiger partial charge >= 0.3 is 0 Å². The molecule has 2 aromatic rings. The molecule has 2 rings (SSSR count). The van der Waals surface area contributed by atoms with Gasteiger partial charge in [0.25, 0.3) is 0 Å². The van der Waals surface area contributed by atoms with E-state index < -0.39 is 0 Å². The van der Waals surface area contributed by atoms with Crippen LogP contribution >= 0.6 is 0 Å². The molecule has 3 nitrogen and oxygen atoms in total. The molecule has 0 aliphatic heterocycles. The van der Waals surface area contributed by atoms with Crippen molar-refractivity contribution in [3.63, 3.8) is 0 Å². The lowest BCUT2D eigenvalue weighted by Gasteiger charge is -2.21. The van der Waals surface area contributed by atoms with Gasteiger partial charge in [0.05, 0.1) is 18.3 Å². The fourth-order valence-electron chi connectivity index (χ4n) is 2.46. The molecule has 0 bridgehead atoms. The second-order valence-corrected chi connectivity index (χ2v) is 4.59. The average Bonchev–Trinajstić information content (AvgIpc) is 2.50. The minimum atomic E-state index is 0.0499. The van der Waals surface area contributed by atoms with Crippen LogP contribution in [0.3, 0.4) is 0 Å². The molecule has 20 heavy (non-hydrogen) atoms. The summed E-state index contributed by atoms with van der Waals surface area (Å²) < 4.78 is 5.75. The van der Waals surface area contributed by atoms with Crippen LogP contribution in [0.5, 0.6) is 5.75 Å². The van der Waals surface area contributed by atoms with E-state index in [1.165, 1.54) is 5.56 Å². The Morgan fingerprint density at radius 3 is 2.65 bits per heavy atom. The van der Waals surface area contributed by atoms with Crippen LogP contribution in [0.1, 0.15) is 36.7 Å². The molecule has 3 heteroatoms. The molecule has 0 amide bonds. The van der Waals surface area contributed by atoms with Crippen LogP contribution in [0.25, 0.3) is 0 Å². The van der Waals surface area contributed by atoms with Crippen molar-refractivity contribution in [2.75, 3.05) is 13.7 Å². The molecule has 1 unspecified atom stereocenters. The lowest BCUT2D eigenvalue weighted by molar-refractivity contribution is 0.334. The van der Waals surface area contributed by atoms with Gasteiger partial charge in [0.15, 0.2) is 0 Å². The smallest absolute Gasteiger partial charge is 0.124 e. The molecule has 0 radical (unpaired) electrons. The molecule has 0 aliphatic carbocycles. The summed E-state index contributed by atoms with van der Waals surface area (Å²) in [5.41, 5.74) is 3.47. The van der Waals surface area contributed by atoms with Gasteiger partial charge in [-0.25, -0.2) is 0 Å². The number of rotatable bonds is 6. The Hall–Kier alpha value is -1.87. The van der Waals surface area contributed by atoms with E-state index in [2.05, 4.69) is 29.4 Å². The van der Waals surface area contributed by atoms with Crippen molar-refractivity contribution in [1.82, 2.24) is 10.3 Å². The van der Waals surface area contributed by atoms with Crippen LogP contribution in [-0.4, -0.2) is 18.6 Å². The second kappa shape index (κ2) is 7.06. The summed E-state index contributed by atoms with van der Waals surface area (Å²) in [7, 11) is 1.96. The molecule has 0 spiro atoms. The van der Waals surface area contributed by atoms with Crippen molar-refractivity contribution in [1.29, 1.82) is 0 Å². The highest BCUT2D eigenvalue weighted by Gasteiger charge is 2.19. The summed E-state index contributed by atoms with van der Waals surface area (Å²) in [5.74, 6) is 0.919. The van der Waals surface area contributed by atoms with Gasteiger partial charge in [0, 0.05) is 11.8 Å². The zero-order valence-electron chi connectivity index (χ0n) is 12.4. The number of para-hydroxylation sites is 1. The number of aryl methyl sites for hydroxylation is 1. The first-order valence-electron chi connectivity index (χ1n) is 7.14. The molecule has 1 heterocycles.